The Kier molecular flexibility index (Phi) is 6.55. The van der Waals surface area contributed by atoms with Crippen LogP contribution in [0.15, 0.2) is 0 Å². The van der Waals surface area contributed by atoms with Crippen LogP contribution in [0.5, 0.6) is 0 Å². The summed E-state index contributed by atoms with van der Waals surface area (Å²) in [7, 11) is -3.05. The molecular formula is C12H27N3O2S. The van der Waals surface area contributed by atoms with E-state index in [0.717, 1.165) is 6.54 Å². The van der Waals surface area contributed by atoms with Crippen molar-refractivity contribution in [2.24, 2.45) is 5.92 Å². The molecule has 0 aromatic carbocycles. The Morgan fingerprint density at radius 2 is 1.89 bits per heavy atom. The second-order valence-corrected chi connectivity index (χ2v) is 7.01. The van der Waals surface area contributed by atoms with Gasteiger partial charge in [-0.2, -0.15) is 0 Å². The van der Waals surface area contributed by atoms with Gasteiger partial charge in [0.25, 0.3) is 0 Å². The number of piperidine rings is 1. The number of sulfonamides is 1. The van der Waals surface area contributed by atoms with Crippen LogP contribution in [-0.4, -0.2) is 58.3 Å². The molecule has 0 bridgehead atoms. The summed E-state index contributed by atoms with van der Waals surface area (Å²) in [6.45, 7) is 9.10. The lowest BCUT2D eigenvalue weighted by Gasteiger charge is -2.34. The average molecular weight is 277 g/mol. The molecule has 1 atom stereocenters. The van der Waals surface area contributed by atoms with Gasteiger partial charge in [-0.1, -0.05) is 6.92 Å². The van der Waals surface area contributed by atoms with Gasteiger partial charge in [-0.25, -0.2) is 13.1 Å². The number of nitrogens with one attached hydrogen (secondary N) is 2. The summed E-state index contributed by atoms with van der Waals surface area (Å²) in [5.74, 6) is 0.714. The third-order valence-electron chi connectivity index (χ3n) is 3.74. The van der Waals surface area contributed by atoms with E-state index in [2.05, 4.69) is 28.8 Å². The van der Waals surface area contributed by atoms with Gasteiger partial charge in [-0.3, -0.25) is 0 Å². The number of rotatable bonds is 7. The van der Waals surface area contributed by atoms with Crippen LogP contribution >= 0.6 is 0 Å². The van der Waals surface area contributed by atoms with Gasteiger partial charge < -0.3 is 10.2 Å². The molecule has 2 N–H and O–H groups in total. The molecule has 0 aromatic rings. The molecule has 1 rings (SSSR count). The molecule has 1 fully saturated rings. The highest BCUT2D eigenvalue weighted by atomic mass is 32.2. The van der Waals surface area contributed by atoms with Gasteiger partial charge in [0.1, 0.15) is 0 Å². The monoisotopic (exact) mass is 277 g/mol. The second-order valence-electron chi connectivity index (χ2n) is 5.18. The van der Waals surface area contributed by atoms with Crippen LogP contribution in [-0.2, 0) is 10.0 Å². The summed E-state index contributed by atoms with van der Waals surface area (Å²) in [5.41, 5.74) is 0. The van der Waals surface area contributed by atoms with Crippen LogP contribution in [0, 0.1) is 5.92 Å². The number of hydrogen-bond acceptors (Lipinski definition) is 4. The van der Waals surface area contributed by atoms with Crippen molar-refractivity contribution in [1.29, 1.82) is 0 Å². The van der Waals surface area contributed by atoms with Crippen molar-refractivity contribution in [2.75, 3.05) is 39.0 Å². The minimum atomic E-state index is -3.05. The van der Waals surface area contributed by atoms with Crippen molar-refractivity contribution >= 4 is 10.0 Å². The summed E-state index contributed by atoms with van der Waals surface area (Å²) in [6, 6.07) is 0.463. The molecule has 0 radical (unpaired) electrons. The first-order valence-corrected chi connectivity index (χ1v) is 8.72. The summed E-state index contributed by atoms with van der Waals surface area (Å²) < 4.78 is 24.3. The van der Waals surface area contributed by atoms with Crippen molar-refractivity contribution in [1.82, 2.24) is 14.9 Å². The molecule has 1 unspecified atom stereocenters. The van der Waals surface area contributed by atoms with Crippen molar-refractivity contribution in [3.8, 4) is 0 Å². The number of hydrogen-bond donors (Lipinski definition) is 2. The highest BCUT2D eigenvalue weighted by Gasteiger charge is 2.22. The fourth-order valence-corrected chi connectivity index (χ4v) is 2.94. The Balaban J connectivity index is 2.15. The second kappa shape index (κ2) is 7.43. The third kappa shape index (κ3) is 6.13. The molecule has 1 aliphatic rings. The molecule has 0 amide bonds. The quantitative estimate of drug-likeness (QED) is 0.655. The van der Waals surface area contributed by atoms with Gasteiger partial charge in [0.15, 0.2) is 0 Å². The van der Waals surface area contributed by atoms with E-state index in [0.29, 0.717) is 25.0 Å². The molecule has 108 valence electrons. The Hall–Kier alpha value is -0.170. The standard InChI is InChI=1S/C12H27N3O2S/c1-4-15-9-5-12(6-10-15)11(2)13-7-8-14-18(3,16)17/h11-14H,4-10H2,1-3H3. The van der Waals surface area contributed by atoms with Gasteiger partial charge >= 0.3 is 0 Å². The van der Waals surface area contributed by atoms with Crippen LogP contribution in [0.4, 0.5) is 0 Å². The lowest BCUT2D eigenvalue weighted by atomic mass is 9.90. The van der Waals surface area contributed by atoms with Crippen molar-refractivity contribution < 1.29 is 8.42 Å². The first-order valence-electron chi connectivity index (χ1n) is 6.82. The summed E-state index contributed by atoms with van der Waals surface area (Å²) in [4.78, 5) is 2.48. The normalized spacial score (nSPS) is 21.1. The van der Waals surface area contributed by atoms with E-state index in [4.69, 9.17) is 0 Å². The van der Waals surface area contributed by atoms with Crippen molar-refractivity contribution in [3.63, 3.8) is 0 Å². The van der Waals surface area contributed by atoms with Crippen LogP contribution in [0.3, 0.4) is 0 Å². The van der Waals surface area contributed by atoms with Gasteiger partial charge in [-0.15, -0.1) is 0 Å². The average Bonchev–Trinajstić information content (AvgIpc) is 2.33. The topological polar surface area (TPSA) is 61.4 Å². The Bertz CT molecular complexity index is 324. The van der Waals surface area contributed by atoms with E-state index in [9.17, 15) is 8.42 Å². The molecule has 0 aliphatic carbocycles. The molecule has 18 heavy (non-hydrogen) atoms. The first-order chi connectivity index (χ1) is 8.42. The minimum absolute atomic E-state index is 0.463. The molecule has 0 saturated carbocycles. The van der Waals surface area contributed by atoms with E-state index in [1.165, 1.54) is 32.2 Å². The van der Waals surface area contributed by atoms with E-state index in [-0.39, 0.29) is 0 Å². The molecule has 0 aromatic heterocycles. The van der Waals surface area contributed by atoms with Gasteiger partial charge in [0, 0.05) is 19.1 Å². The zero-order valence-electron chi connectivity index (χ0n) is 11.8. The summed E-state index contributed by atoms with van der Waals surface area (Å²) >= 11 is 0. The SMILES string of the molecule is CCN1CCC(C(C)NCCNS(C)(=O)=O)CC1. The van der Waals surface area contributed by atoms with Crippen LogP contribution < -0.4 is 10.0 Å². The molecule has 0 spiro atoms. The summed E-state index contributed by atoms with van der Waals surface area (Å²) in [6.07, 6.45) is 3.67. The van der Waals surface area contributed by atoms with Gasteiger partial charge in [0.2, 0.25) is 10.0 Å². The fraction of sp³-hybridized carbons (Fsp3) is 1.00. The Morgan fingerprint density at radius 3 is 2.39 bits per heavy atom. The van der Waals surface area contributed by atoms with Crippen LogP contribution in [0.25, 0.3) is 0 Å². The summed E-state index contributed by atoms with van der Waals surface area (Å²) in [5, 5.41) is 3.41. The molecule has 5 nitrogen and oxygen atoms in total. The molecule has 6 heteroatoms. The predicted octanol–water partition coefficient (Wildman–Crippen LogP) is 0.246. The van der Waals surface area contributed by atoms with Crippen molar-refractivity contribution in [2.45, 2.75) is 32.7 Å². The van der Waals surface area contributed by atoms with Gasteiger partial charge in [0.05, 0.1) is 6.26 Å². The fourth-order valence-electron chi connectivity index (χ4n) is 2.47. The maximum Gasteiger partial charge on any atom is 0.208 e. The number of likely N-dealkylation sites (tertiary alicyclic amines) is 1. The maximum atomic E-state index is 10.9. The van der Waals surface area contributed by atoms with Crippen molar-refractivity contribution in [3.05, 3.63) is 0 Å². The zero-order chi connectivity index (χ0) is 13.6. The minimum Gasteiger partial charge on any atom is -0.313 e. The predicted molar refractivity (Wildman–Crippen MR) is 75.1 cm³/mol. The van der Waals surface area contributed by atoms with E-state index >= 15 is 0 Å². The highest BCUT2D eigenvalue weighted by Crippen LogP contribution is 2.20. The van der Waals surface area contributed by atoms with E-state index in [1.807, 2.05) is 0 Å². The lowest BCUT2D eigenvalue weighted by molar-refractivity contribution is 0.169. The maximum absolute atomic E-state index is 10.9. The number of nitrogens with zero attached hydrogens (tertiary/aromatic N) is 1. The molecule has 1 saturated heterocycles. The van der Waals surface area contributed by atoms with Crippen LogP contribution in [0.2, 0.25) is 0 Å². The first kappa shape index (κ1) is 15.9. The highest BCUT2D eigenvalue weighted by molar-refractivity contribution is 7.88. The zero-order valence-corrected chi connectivity index (χ0v) is 12.6. The third-order valence-corrected chi connectivity index (χ3v) is 4.47. The molecular weight excluding hydrogens is 250 g/mol. The van der Waals surface area contributed by atoms with Gasteiger partial charge in [-0.05, 0) is 45.3 Å². The Morgan fingerprint density at radius 1 is 1.28 bits per heavy atom. The van der Waals surface area contributed by atoms with Crippen LogP contribution in [0.1, 0.15) is 26.7 Å². The smallest absolute Gasteiger partial charge is 0.208 e. The lowest BCUT2D eigenvalue weighted by Crippen LogP contribution is -2.43. The van der Waals surface area contributed by atoms with E-state index < -0.39 is 10.0 Å². The largest absolute Gasteiger partial charge is 0.313 e. The van der Waals surface area contributed by atoms with E-state index in [1.54, 1.807) is 0 Å². The Labute approximate surface area is 111 Å². The molecule has 1 heterocycles. The molecule has 1 aliphatic heterocycles.